The van der Waals surface area contributed by atoms with Gasteiger partial charge in [0.15, 0.2) is 0 Å². The Bertz CT molecular complexity index is 425. The lowest BCUT2D eigenvalue weighted by Crippen LogP contribution is -2.41. The molecule has 1 aromatic rings. The van der Waals surface area contributed by atoms with E-state index in [1.54, 1.807) is 6.92 Å². The van der Waals surface area contributed by atoms with Crippen LogP contribution in [0.3, 0.4) is 0 Å². The number of likely N-dealkylation sites (tertiary alicyclic amines) is 1. The van der Waals surface area contributed by atoms with Crippen LogP contribution in [-0.4, -0.2) is 23.4 Å². The molecule has 0 saturated carbocycles. The van der Waals surface area contributed by atoms with Crippen molar-refractivity contribution in [2.45, 2.75) is 31.8 Å². The van der Waals surface area contributed by atoms with Gasteiger partial charge in [-0.3, -0.25) is 4.79 Å². The maximum Gasteiger partial charge on any atom is 0.239 e. The molecule has 1 heterocycles. The average Bonchev–Trinajstić information content (AvgIpc) is 2.76. The average molecular weight is 334 g/mol. The van der Waals surface area contributed by atoms with Crippen molar-refractivity contribution < 1.29 is 4.79 Å². The number of amides is 1. The summed E-state index contributed by atoms with van der Waals surface area (Å²) in [5.41, 5.74) is 6.87. The largest absolute Gasteiger partial charge is 0.334 e. The molecule has 0 aromatic heterocycles. The molecule has 0 aliphatic carbocycles. The van der Waals surface area contributed by atoms with Gasteiger partial charge in [0.05, 0.1) is 12.1 Å². The standard InChI is InChI=1S/C13H17BrN2O.ClH/c1-9(15)13(17)16-7-3-6-12(16)10-4-2-5-11(14)8-10;/h2,4-5,8-9,12H,3,6-7,15H2,1H3;1H/t9-,12?;/m0./s1. The van der Waals surface area contributed by atoms with Crippen LogP contribution in [-0.2, 0) is 4.79 Å². The molecule has 1 saturated heterocycles. The Morgan fingerprint density at radius 3 is 2.89 bits per heavy atom. The highest BCUT2D eigenvalue weighted by Crippen LogP contribution is 2.33. The zero-order chi connectivity index (χ0) is 12.4. The summed E-state index contributed by atoms with van der Waals surface area (Å²) in [7, 11) is 0. The number of rotatable bonds is 2. The van der Waals surface area contributed by atoms with Crippen LogP contribution >= 0.6 is 28.3 Å². The minimum Gasteiger partial charge on any atom is -0.334 e. The van der Waals surface area contributed by atoms with Crippen LogP contribution in [0.1, 0.15) is 31.4 Å². The van der Waals surface area contributed by atoms with Gasteiger partial charge in [-0.1, -0.05) is 28.1 Å². The number of nitrogens with two attached hydrogens (primary N) is 1. The quantitative estimate of drug-likeness (QED) is 0.904. The molecule has 0 spiro atoms. The van der Waals surface area contributed by atoms with Gasteiger partial charge in [-0.15, -0.1) is 12.4 Å². The molecule has 100 valence electrons. The van der Waals surface area contributed by atoms with Crippen molar-refractivity contribution in [2.75, 3.05) is 6.54 Å². The van der Waals surface area contributed by atoms with E-state index in [0.717, 1.165) is 23.9 Å². The number of carbonyl (C=O) groups excluding carboxylic acids is 1. The smallest absolute Gasteiger partial charge is 0.239 e. The van der Waals surface area contributed by atoms with Crippen molar-refractivity contribution in [1.82, 2.24) is 4.90 Å². The van der Waals surface area contributed by atoms with Gasteiger partial charge < -0.3 is 10.6 Å². The van der Waals surface area contributed by atoms with E-state index in [4.69, 9.17) is 5.73 Å². The van der Waals surface area contributed by atoms with Gasteiger partial charge in [0.1, 0.15) is 0 Å². The van der Waals surface area contributed by atoms with E-state index in [2.05, 4.69) is 28.1 Å². The van der Waals surface area contributed by atoms with Gasteiger partial charge >= 0.3 is 0 Å². The van der Waals surface area contributed by atoms with E-state index < -0.39 is 6.04 Å². The first-order valence-electron chi connectivity index (χ1n) is 5.91. The lowest BCUT2D eigenvalue weighted by molar-refractivity contribution is -0.133. The van der Waals surface area contributed by atoms with Crippen molar-refractivity contribution in [3.05, 3.63) is 34.3 Å². The molecule has 1 fully saturated rings. The number of hydrogen-bond acceptors (Lipinski definition) is 2. The number of benzene rings is 1. The second kappa shape index (κ2) is 6.55. The fraction of sp³-hybridized carbons (Fsp3) is 0.462. The third-order valence-electron chi connectivity index (χ3n) is 3.16. The highest BCUT2D eigenvalue weighted by Gasteiger charge is 2.31. The van der Waals surface area contributed by atoms with Crippen molar-refractivity contribution >= 4 is 34.2 Å². The van der Waals surface area contributed by atoms with Crippen LogP contribution in [0.2, 0.25) is 0 Å². The lowest BCUT2D eigenvalue weighted by atomic mass is 10.0. The van der Waals surface area contributed by atoms with E-state index in [-0.39, 0.29) is 24.4 Å². The molecule has 18 heavy (non-hydrogen) atoms. The minimum absolute atomic E-state index is 0. The third-order valence-corrected chi connectivity index (χ3v) is 3.65. The Hall–Kier alpha value is -0.580. The number of halogens is 2. The predicted octanol–water partition coefficient (Wildman–Crippen LogP) is 2.88. The summed E-state index contributed by atoms with van der Waals surface area (Å²) >= 11 is 3.47. The molecular formula is C13H18BrClN2O. The summed E-state index contributed by atoms with van der Waals surface area (Å²) in [6.45, 7) is 2.57. The van der Waals surface area contributed by atoms with Crippen LogP contribution in [0, 0.1) is 0 Å². The molecule has 2 atom stereocenters. The number of nitrogens with zero attached hydrogens (tertiary/aromatic N) is 1. The summed E-state index contributed by atoms with van der Waals surface area (Å²) in [5.74, 6) is 0.0486. The summed E-state index contributed by atoms with van der Waals surface area (Å²) in [4.78, 5) is 13.9. The highest BCUT2D eigenvalue weighted by atomic mass is 79.9. The van der Waals surface area contributed by atoms with Crippen LogP contribution in [0.4, 0.5) is 0 Å². The molecule has 5 heteroatoms. The Morgan fingerprint density at radius 2 is 2.28 bits per heavy atom. The molecular weight excluding hydrogens is 316 g/mol. The van der Waals surface area contributed by atoms with Gasteiger partial charge in [0.2, 0.25) is 5.91 Å². The molecule has 1 aliphatic heterocycles. The molecule has 1 aliphatic rings. The number of carbonyl (C=O) groups is 1. The molecule has 1 unspecified atom stereocenters. The molecule has 1 aromatic carbocycles. The second-order valence-electron chi connectivity index (χ2n) is 4.53. The summed E-state index contributed by atoms with van der Waals surface area (Å²) in [5, 5.41) is 0. The van der Waals surface area contributed by atoms with Crippen LogP contribution in [0.5, 0.6) is 0 Å². The monoisotopic (exact) mass is 332 g/mol. The summed E-state index contributed by atoms with van der Waals surface area (Å²) in [6.07, 6.45) is 2.07. The fourth-order valence-corrected chi connectivity index (χ4v) is 2.77. The topological polar surface area (TPSA) is 46.3 Å². The predicted molar refractivity (Wildman–Crippen MR) is 78.7 cm³/mol. The second-order valence-corrected chi connectivity index (χ2v) is 5.45. The maximum atomic E-state index is 12.0. The van der Waals surface area contributed by atoms with Crippen molar-refractivity contribution in [2.24, 2.45) is 5.73 Å². The first-order chi connectivity index (χ1) is 8.09. The lowest BCUT2D eigenvalue weighted by Gasteiger charge is -2.26. The summed E-state index contributed by atoms with van der Waals surface area (Å²) in [6, 6.07) is 7.93. The zero-order valence-electron chi connectivity index (χ0n) is 10.3. The Morgan fingerprint density at radius 1 is 1.56 bits per heavy atom. The van der Waals surface area contributed by atoms with Crippen molar-refractivity contribution in [3.8, 4) is 0 Å². The van der Waals surface area contributed by atoms with Crippen molar-refractivity contribution in [1.29, 1.82) is 0 Å². The van der Waals surface area contributed by atoms with Gasteiger partial charge in [-0.2, -0.15) is 0 Å². The molecule has 2 rings (SSSR count). The molecule has 1 amide bonds. The molecule has 2 N–H and O–H groups in total. The molecule has 3 nitrogen and oxygen atoms in total. The van der Waals surface area contributed by atoms with Gasteiger partial charge in [0, 0.05) is 11.0 Å². The molecule has 0 radical (unpaired) electrons. The van der Waals surface area contributed by atoms with Crippen LogP contribution < -0.4 is 5.73 Å². The maximum absolute atomic E-state index is 12.0. The number of hydrogen-bond donors (Lipinski definition) is 1. The first-order valence-corrected chi connectivity index (χ1v) is 6.70. The van der Waals surface area contributed by atoms with Gasteiger partial charge in [-0.25, -0.2) is 0 Å². The van der Waals surface area contributed by atoms with Gasteiger partial charge in [-0.05, 0) is 37.5 Å². The van der Waals surface area contributed by atoms with E-state index in [9.17, 15) is 4.79 Å². The van der Waals surface area contributed by atoms with E-state index in [0.29, 0.717) is 0 Å². The Kier molecular flexibility index (Phi) is 5.63. The Labute approximate surface area is 122 Å². The summed E-state index contributed by atoms with van der Waals surface area (Å²) < 4.78 is 1.05. The van der Waals surface area contributed by atoms with E-state index in [1.165, 1.54) is 5.56 Å². The normalized spacial score (nSPS) is 20.4. The van der Waals surface area contributed by atoms with Crippen LogP contribution in [0.25, 0.3) is 0 Å². The van der Waals surface area contributed by atoms with E-state index in [1.807, 2.05) is 17.0 Å². The minimum atomic E-state index is -0.414. The zero-order valence-corrected chi connectivity index (χ0v) is 12.7. The SMILES string of the molecule is C[C@H](N)C(=O)N1CCCC1c1cccc(Br)c1.Cl. The highest BCUT2D eigenvalue weighted by molar-refractivity contribution is 9.10. The first kappa shape index (κ1) is 15.5. The van der Waals surface area contributed by atoms with Crippen LogP contribution in [0.15, 0.2) is 28.7 Å². The Balaban J connectivity index is 0.00000162. The third kappa shape index (κ3) is 3.25. The van der Waals surface area contributed by atoms with E-state index >= 15 is 0 Å². The van der Waals surface area contributed by atoms with Crippen molar-refractivity contribution in [3.63, 3.8) is 0 Å². The molecule has 0 bridgehead atoms. The fourth-order valence-electron chi connectivity index (χ4n) is 2.35. The van der Waals surface area contributed by atoms with Gasteiger partial charge in [0.25, 0.3) is 0 Å².